The van der Waals surface area contributed by atoms with E-state index in [1.54, 1.807) is 36.4 Å². The summed E-state index contributed by atoms with van der Waals surface area (Å²) in [6, 6.07) is 11.2. The number of benzene rings is 2. The molecule has 2 heterocycles. The molecule has 2 N–H and O–H groups in total. The van der Waals surface area contributed by atoms with E-state index in [1.165, 1.54) is 29.9 Å². The van der Waals surface area contributed by atoms with E-state index in [9.17, 15) is 14.7 Å². The smallest absolute Gasteiger partial charge is 0.335 e. The summed E-state index contributed by atoms with van der Waals surface area (Å²) in [7, 11) is 1.54. The molecule has 0 saturated carbocycles. The Morgan fingerprint density at radius 1 is 1.23 bits per heavy atom. The summed E-state index contributed by atoms with van der Waals surface area (Å²) in [6.07, 6.45) is 3.23. The SMILES string of the molecule is COc1ccc2c(c1)=NC(=O)/C(=C\c1sc(=S)n(-c3ccc(C(=O)O)cc3)c1O)C=2. The van der Waals surface area contributed by atoms with Gasteiger partial charge in [0.25, 0.3) is 5.91 Å². The molecule has 0 aliphatic carbocycles. The molecule has 3 aromatic rings. The van der Waals surface area contributed by atoms with Crippen LogP contribution in [0.5, 0.6) is 11.6 Å². The van der Waals surface area contributed by atoms with E-state index < -0.39 is 11.9 Å². The molecule has 1 aliphatic heterocycles. The number of hydrogen-bond donors (Lipinski definition) is 2. The number of fused-ring (bicyclic) bond motifs is 1. The second kappa shape index (κ2) is 7.69. The van der Waals surface area contributed by atoms with Crippen LogP contribution in [0, 0.1) is 3.95 Å². The van der Waals surface area contributed by atoms with E-state index in [4.69, 9.17) is 22.1 Å². The van der Waals surface area contributed by atoms with Crippen molar-refractivity contribution in [2.24, 2.45) is 4.99 Å². The molecule has 0 spiro atoms. The van der Waals surface area contributed by atoms with Crippen molar-refractivity contribution in [3.05, 3.63) is 73.0 Å². The zero-order valence-electron chi connectivity index (χ0n) is 15.5. The van der Waals surface area contributed by atoms with Gasteiger partial charge in [0.1, 0.15) is 5.75 Å². The molecule has 150 valence electrons. The minimum absolute atomic E-state index is 0.127. The molecule has 2 aromatic carbocycles. The Kier molecular flexibility index (Phi) is 5.06. The molecule has 7 nitrogen and oxygen atoms in total. The number of aromatic nitrogens is 1. The highest BCUT2D eigenvalue weighted by atomic mass is 32.1. The molecule has 0 atom stereocenters. The second-order valence-corrected chi connectivity index (χ2v) is 8.00. The van der Waals surface area contributed by atoms with Gasteiger partial charge in [0, 0.05) is 16.9 Å². The van der Waals surface area contributed by atoms with Gasteiger partial charge in [0.15, 0.2) is 3.95 Å². The quantitative estimate of drug-likeness (QED) is 0.480. The number of methoxy groups -OCH3 is 1. The minimum Gasteiger partial charge on any atom is -0.497 e. The Hall–Kier alpha value is -3.56. The van der Waals surface area contributed by atoms with Crippen LogP contribution >= 0.6 is 23.6 Å². The topological polar surface area (TPSA) is 101 Å². The predicted molar refractivity (Wildman–Crippen MR) is 114 cm³/mol. The van der Waals surface area contributed by atoms with Crippen LogP contribution in [0.4, 0.5) is 0 Å². The van der Waals surface area contributed by atoms with Crippen molar-refractivity contribution >= 4 is 47.6 Å². The molecular formula is C21H14N2O5S2. The van der Waals surface area contributed by atoms with Crippen molar-refractivity contribution in [2.45, 2.75) is 0 Å². The lowest BCUT2D eigenvalue weighted by molar-refractivity contribution is -0.114. The number of thiazole rings is 1. The van der Waals surface area contributed by atoms with E-state index in [0.29, 0.717) is 31.2 Å². The Balaban J connectivity index is 1.77. The second-order valence-electron chi connectivity index (χ2n) is 6.33. The number of carbonyl (C=O) groups is 2. The molecule has 0 radical (unpaired) electrons. The number of nitrogens with zero attached hydrogens (tertiary/aromatic N) is 2. The first-order chi connectivity index (χ1) is 14.4. The summed E-state index contributed by atoms with van der Waals surface area (Å²) >= 11 is 6.49. The Morgan fingerprint density at radius 2 is 1.97 bits per heavy atom. The van der Waals surface area contributed by atoms with E-state index >= 15 is 0 Å². The van der Waals surface area contributed by atoms with Gasteiger partial charge in [-0.2, -0.15) is 0 Å². The first-order valence-electron chi connectivity index (χ1n) is 8.66. The molecule has 0 fully saturated rings. The van der Waals surface area contributed by atoms with E-state index in [2.05, 4.69) is 4.99 Å². The third kappa shape index (κ3) is 3.56. The first-order valence-corrected chi connectivity index (χ1v) is 9.89. The summed E-state index contributed by atoms with van der Waals surface area (Å²) in [5.74, 6) is -1.01. The van der Waals surface area contributed by atoms with Crippen LogP contribution in [0.1, 0.15) is 15.2 Å². The highest BCUT2D eigenvalue weighted by Crippen LogP contribution is 2.32. The third-order valence-corrected chi connectivity index (χ3v) is 5.80. The van der Waals surface area contributed by atoms with Crippen LogP contribution in [-0.4, -0.2) is 33.8 Å². The number of amides is 1. The Labute approximate surface area is 179 Å². The van der Waals surface area contributed by atoms with Crippen molar-refractivity contribution in [2.75, 3.05) is 7.11 Å². The van der Waals surface area contributed by atoms with Gasteiger partial charge in [-0.3, -0.25) is 9.36 Å². The van der Waals surface area contributed by atoms with Gasteiger partial charge in [0.05, 0.1) is 28.6 Å². The number of carbonyl (C=O) groups excluding carboxylic acids is 1. The number of carboxylic acids is 1. The lowest BCUT2D eigenvalue weighted by Crippen LogP contribution is -2.30. The monoisotopic (exact) mass is 438 g/mol. The first kappa shape index (κ1) is 19.7. The van der Waals surface area contributed by atoms with Crippen LogP contribution in [0.3, 0.4) is 0 Å². The fraction of sp³-hybridized carbons (Fsp3) is 0.0476. The third-order valence-electron chi connectivity index (χ3n) is 4.49. The van der Waals surface area contributed by atoms with Gasteiger partial charge in [-0.25, -0.2) is 9.79 Å². The van der Waals surface area contributed by atoms with Gasteiger partial charge in [-0.1, -0.05) is 0 Å². The molecule has 1 amide bonds. The van der Waals surface area contributed by atoms with Crippen LogP contribution in [-0.2, 0) is 4.79 Å². The Morgan fingerprint density at radius 3 is 2.63 bits per heavy atom. The van der Waals surface area contributed by atoms with Crippen molar-refractivity contribution in [1.82, 2.24) is 4.57 Å². The normalized spacial score (nSPS) is 14.0. The molecule has 30 heavy (non-hydrogen) atoms. The number of rotatable bonds is 4. The van der Waals surface area contributed by atoms with E-state index in [0.717, 1.165) is 16.6 Å². The molecule has 4 rings (SSSR count). The average Bonchev–Trinajstić information content (AvgIpc) is 3.01. The number of aromatic hydroxyl groups is 1. The van der Waals surface area contributed by atoms with Gasteiger partial charge >= 0.3 is 5.97 Å². The van der Waals surface area contributed by atoms with E-state index in [-0.39, 0.29) is 11.4 Å². The molecule has 1 aromatic heterocycles. The average molecular weight is 438 g/mol. The lowest BCUT2D eigenvalue weighted by atomic mass is 10.1. The van der Waals surface area contributed by atoms with Gasteiger partial charge in [0.2, 0.25) is 5.88 Å². The van der Waals surface area contributed by atoms with Crippen molar-refractivity contribution in [1.29, 1.82) is 0 Å². The summed E-state index contributed by atoms with van der Waals surface area (Å²) in [5.41, 5.74) is 0.957. The molecule has 9 heteroatoms. The van der Waals surface area contributed by atoms with Gasteiger partial charge in [-0.05, 0) is 60.8 Å². The van der Waals surface area contributed by atoms with Crippen LogP contribution in [0.15, 0.2) is 53.0 Å². The fourth-order valence-corrected chi connectivity index (χ4v) is 4.27. The Bertz CT molecular complexity index is 1400. The van der Waals surface area contributed by atoms with Gasteiger partial charge in [-0.15, -0.1) is 11.3 Å². The maximum Gasteiger partial charge on any atom is 0.335 e. The number of aromatic carboxylic acids is 1. The summed E-state index contributed by atoms with van der Waals surface area (Å²) in [5, 5.41) is 21.0. The lowest BCUT2D eigenvalue weighted by Gasteiger charge is -2.06. The highest BCUT2D eigenvalue weighted by molar-refractivity contribution is 7.73. The zero-order chi connectivity index (χ0) is 21.4. The zero-order valence-corrected chi connectivity index (χ0v) is 17.2. The van der Waals surface area contributed by atoms with Gasteiger partial charge < -0.3 is 14.9 Å². The van der Waals surface area contributed by atoms with Crippen LogP contribution < -0.4 is 15.3 Å². The molecule has 1 aliphatic rings. The maximum atomic E-state index is 12.5. The largest absolute Gasteiger partial charge is 0.497 e. The van der Waals surface area contributed by atoms with Crippen molar-refractivity contribution in [3.8, 4) is 17.3 Å². The molecular weight excluding hydrogens is 424 g/mol. The van der Waals surface area contributed by atoms with Crippen LogP contribution in [0.25, 0.3) is 17.8 Å². The molecule has 0 saturated heterocycles. The number of ether oxygens (including phenoxy) is 1. The number of carboxylic acid groups (broad SMARTS) is 1. The van der Waals surface area contributed by atoms with Crippen molar-refractivity contribution < 1.29 is 24.5 Å². The maximum absolute atomic E-state index is 12.5. The summed E-state index contributed by atoms with van der Waals surface area (Å²) < 4.78 is 6.93. The summed E-state index contributed by atoms with van der Waals surface area (Å²) in [4.78, 5) is 28.0. The highest BCUT2D eigenvalue weighted by Gasteiger charge is 2.16. The molecule has 0 bridgehead atoms. The molecule has 0 unspecified atom stereocenters. The van der Waals surface area contributed by atoms with Crippen LogP contribution in [0.2, 0.25) is 0 Å². The van der Waals surface area contributed by atoms with E-state index in [1.807, 2.05) is 0 Å². The summed E-state index contributed by atoms with van der Waals surface area (Å²) in [6.45, 7) is 0. The standard InChI is InChI=1S/C21H14N2O5S2/c1-28-15-7-4-12-8-13(18(24)22-16(12)10-15)9-17-19(25)23(21(29)30-17)14-5-2-11(3-6-14)20(26)27/h2-10,25H,1H3,(H,26,27)/b13-9-. The minimum atomic E-state index is -1.04. The fourth-order valence-electron chi connectivity index (χ4n) is 2.97. The number of hydrogen-bond acceptors (Lipinski definition) is 6. The van der Waals surface area contributed by atoms with Crippen molar-refractivity contribution in [3.63, 3.8) is 0 Å². The predicted octanol–water partition coefficient (Wildman–Crippen LogP) is 2.70.